The van der Waals surface area contributed by atoms with E-state index in [0.29, 0.717) is 6.61 Å². The topological polar surface area (TPSA) is 9.23 Å². The Balaban J connectivity index is 2.12. The average Bonchev–Trinajstić information content (AvgIpc) is 2.38. The third-order valence-electron chi connectivity index (χ3n) is 2.53. The quantitative estimate of drug-likeness (QED) is 0.721. The Labute approximate surface area is 102 Å². The maximum Gasteiger partial charge on any atom is 0.135 e. The highest BCUT2D eigenvalue weighted by molar-refractivity contribution is 5.46. The number of rotatable bonds is 3. The highest BCUT2D eigenvalue weighted by Gasteiger charge is 2.01. The van der Waals surface area contributed by atoms with Gasteiger partial charge in [0.1, 0.15) is 12.4 Å². The predicted molar refractivity (Wildman–Crippen MR) is 69.9 cm³/mol. The lowest BCUT2D eigenvalue weighted by Gasteiger charge is -2.09. The van der Waals surface area contributed by atoms with Crippen LogP contribution in [0.3, 0.4) is 0 Å². The highest BCUT2D eigenvalue weighted by Crippen LogP contribution is 2.20. The molecule has 0 bridgehead atoms. The van der Waals surface area contributed by atoms with Crippen molar-refractivity contribution in [2.24, 2.45) is 0 Å². The van der Waals surface area contributed by atoms with Gasteiger partial charge >= 0.3 is 0 Å². The van der Waals surface area contributed by atoms with Gasteiger partial charge in [0.2, 0.25) is 0 Å². The first-order valence-electron chi connectivity index (χ1n) is 5.53. The van der Waals surface area contributed by atoms with Crippen LogP contribution in [0.2, 0.25) is 0 Å². The minimum Gasteiger partial charge on any atom is -0.488 e. The summed E-state index contributed by atoms with van der Waals surface area (Å²) in [7, 11) is 0. The van der Waals surface area contributed by atoms with E-state index in [9.17, 15) is 0 Å². The molecule has 0 spiro atoms. The molecule has 2 aromatic rings. The van der Waals surface area contributed by atoms with Crippen LogP contribution in [0.15, 0.2) is 48.5 Å². The second-order valence-electron chi connectivity index (χ2n) is 3.92. The van der Waals surface area contributed by atoms with Crippen molar-refractivity contribution in [3.8, 4) is 18.1 Å². The molecule has 0 amide bonds. The Kier molecular flexibility index (Phi) is 3.47. The van der Waals surface area contributed by atoms with Crippen molar-refractivity contribution in [2.75, 3.05) is 0 Å². The summed E-state index contributed by atoms with van der Waals surface area (Å²) in [6.07, 6.45) is 5.46. The van der Waals surface area contributed by atoms with Crippen molar-refractivity contribution in [1.29, 1.82) is 0 Å². The molecule has 17 heavy (non-hydrogen) atoms. The fourth-order valence-corrected chi connectivity index (χ4v) is 1.62. The third-order valence-corrected chi connectivity index (χ3v) is 2.53. The second kappa shape index (κ2) is 5.23. The van der Waals surface area contributed by atoms with E-state index in [1.807, 2.05) is 55.5 Å². The van der Waals surface area contributed by atoms with Crippen molar-refractivity contribution in [3.05, 3.63) is 65.2 Å². The van der Waals surface area contributed by atoms with Crippen molar-refractivity contribution >= 4 is 0 Å². The zero-order valence-corrected chi connectivity index (χ0v) is 9.81. The fraction of sp³-hybridized carbons (Fsp3) is 0.125. The summed E-state index contributed by atoms with van der Waals surface area (Å²) in [6.45, 7) is 2.56. The summed E-state index contributed by atoms with van der Waals surface area (Å²) in [5.74, 6) is 3.41. The summed E-state index contributed by atoms with van der Waals surface area (Å²) in [4.78, 5) is 0. The van der Waals surface area contributed by atoms with Crippen molar-refractivity contribution in [3.63, 3.8) is 0 Å². The van der Waals surface area contributed by atoms with Crippen LogP contribution in [0.5, 0.6) is 5.75 Å². The normalized spacial score (nSPS) is 9.65. The minimum atomic E-state index is 0.540. The Hall–Kier alpha value is -2.20. The predicted octanol–water partition coefficient (Wildman–Crippen LogP) is 3.56. The smallest absolute Gasteiger partial charge is 0.135 e. The fourth-order valence-electron chi connectivity index (χ4n) is 1.62. The highest BCUT2D eigenvalue weighted by atomic mass is 16.5. The molecule has 2 aromatic carbocycles. The molecule has 0 fully saturated rings. The molecule has 0 aliphatic rings. The van der Waals surface area contributed by atoms with Crippen molar-refractivity contribution in [2.45, 2.75) is 13.5 Å². The van der Waals surface area contributed by atoms with Crippen LogP contribution < -0.4 is 4.74 Å². The summed E-state index contributed by atoms with van der Waals surface area (Å²) < 4.78 is 5.73. The number of hydrogen-bond acceptors (Lipinski definition) is 1. The second-order valence-corrected chi connectivity index (χ2v) is 3.92. The third kappa shape index (κ3) is 2.89. The molecule has 0 saturated heterocycles. The van der Waals surface area contributed by atoms with E-state index < -0.39 is 0 Å². The molecule has 1 nitrogen and oxygen atoms in total. The zero-order chi connectivity index (χ0) is 12.1. The number of hydrogen-bond donors (Lipinski definition) is 0. The maximum atomic E-state index is 5.73. The molecule has 84 valence electrons. The Morgan fingerprint density at radius 3 is 2.59 bits per heavy atom. The number of aryl methyl sites for hydroxylation is 1. The minimum absolute atomic E-state index is 0.540. The molecule has 0 aliphatic heterocycles. The molecule has 0 unspecified atom stereocenters. The van der Waals surface area contributed by atoms with Gasteiger partial charge in [0.05, 0.1) is 5.56 Å². The summed E-state index contributed by atoms with van der Waals surface area (Å²) >= 11 is 0. The van der Waals surface area contributed by atoms with Crippen LogP contribution in [0.25, 0.3) is 0 Å². The lowest BCUT2D eigenvalue weighted by Crippen LogP contribution is -1.97. The molecule has 0 atom stereocenters. The number of benzene rings is 2. The van der Waals surface area contributed by atoms with Crippen LogP contribution >= 0.6 is 0 Å². The van der Waals surface area contributed by atoms with Crippen molar-refractivity contribution < 1.29 is 4.74 Å². The van der Waals surface area contributed by atoms with Gasteiger partial charge < -0.3 is 4.74 Å². The van der Waals surface area contributed by atoms with Gasteiger partial charge in [0.15, 0.2) is 0 Å². The first-order valence-corrected chi connectivity index (χ1v) is 5.53. The maximum absolute atomic E-state index is 5.73. The van der Waals surface area contributed by atoms with Gasteiger partial charge in [-0.3, -0.25) is 0 Å². The van der Waals surface area contributed by atoms with Crippen LogP contribution in [0, 0.1) is 19.3 Å². The molecule has 1 heteroatoms. The van der Waals surface area contributed by atoms with Gasteiger partial charge in [-0.1, -0.05) is 42.3 Å². The van der Waals surface area contributed by atoms with Gasteiger partial charge in [-0.15, -0.1) is 6.42 Å². The van der Waals surface area contributed by atoms with Crippen LogP contribution in [-0.2, 0) is 6.61 Å². The van der Waals surface area contributed by atoms with E-state index >= 15 is 0 Å². The molecule has 0 radical (unpaired) electrons. The monoisotopic (exact) mass is 222 g/mol. The van der Waals surface area contributed by atoms with Crippen LogP contribution in [0.1, 0.15) is 16.7 Å². The molecule has 0 saturated carbocycles. The summed E-state index contributed by atoms with van der Waals surface area (Å²) in [6, 6.07) is 15.9. The Morgan fingerprint density at radius 1 is 1.12 bits per heavy atom. The largest absolute Gasteiger partial charge is 0.488 e. The molecular weight excluding hydrogens is 208 g/mol. The summed E-state index contributed by atoms with van der Waals surface area (Å²) in [5, 5.41) is 0. The lowest BCUT2D eigenvalue weighted by atomic mass is 10.1. The van der Waals surface area contributed by atoms with Gasteiger partial charge in [-0.2, -0.15) is 0 Å². The lowest BCUT2D eigenvalue weighted by molar-refractivity contribution is 0.305. The van der Waals surface area contributed by atoms with E-state index in [4.69, 9.17) is 11.2 Å². The Morgan fingerprint density at radius 2 is 1.88 bits per heavy atom. The van der Waals surface area contributed by atoms with E-state index in [-0.39, 0.29) is 0 Å². The molecular formula is C16H14O. The van der Waals surface area contributed by atoms with Gasteiger partial charge in [0, 0.05) is 0 Å². The molecule has 0 aliphatic carbocycles. The average molecular weight is 222 g/mol. The standard InChI is InChI=1S/C16H14O/c1-3-15-11-13(2)9-10-16(15)17-12-14-7-5-4-6-8-14/h1,4-11H,12H2,2H3. The molecule has 2 rings (SSSR count). The van der Waals surface area contributed by atoms with E-state index in [1.165, 1.54) is 0 Å². The van der Waals surface area contributed by atoms with Crippen molar-refractivity contribution in [1.82, 2.24) is 0 Å². The molecule has 0 heterocycles. The first kappa shape index (κ1) is 11.3. The van der Waals surface area contributed by atoms with Gasteiger partial charge in [-0.05, 0) is 30.2 Å². The van der Waals surface area contributed by atoms with Crippen LogP contribution in [0.4, 0.5) is 0 Å². The molecule has 0 N–H and O–H groups in total. The zero-order valence-electron chi connectivity index (χ0n) is 9.81. The molecule has 0 aromatic heterocycles. The summed E-state index contributed by atoms with van der Waals surface area (Å²) in [5.41, 5.74) is 3.09. The SMILES string of the molecule is C#Cc1cc(C)ccc1OCc1ccccc1. The number of terminal acetylenes is 1. The van der Waals surface area contributed by atoms with E-state index in [1.54, 1.807) is 0 Å². The number of ether oxygens (including phenoxy) is 1. The van der Waals surface area contributed by atoms with Gasteiger partial charge in [-0.25, -0.2) is 0 Å². The van der Waals surface area contributed by atoms with E-state index in [2.05, 4.69) is 5.92 Å². The van der Waals surface area contributed by atoms with Crippen LogP contribution in [-0.4, -0.2) is 0 Å². The van der Waals surface area contributed by atoms with Gasteiger partial charge in [0.25, 0.3) is 0 Å². The first-order chi connectivity index (χ1) is 8.29. The Bertz CT molecular complexity index is 535. The van der Waals surface area contributed by atoms with E-state index in [0.717, 1.165) is 22.4 Å².